The second kappa shape index (κ2) is 7.55. The molecule has 5 nitrogen and oxygen atoms in total. The first-order valence-electron chi connectivity index (χ1n) is 7.29. The van der Waals surface area contributed by atoms with Crippen LogP contribution in [-0.4, -0.2) is 19.5 Å². The van der Waals surface area contributed by atoms with E-state index >= 15 is 0 Å². The molecule has 0 spiro atoms. The van der Waals surface area contributed by atoms with Crippen molar-refractivity contribution in [1.29, 1.82) is 0 Å². The quantitative estimate of drug-likeness (QED) is 0.747. The van der Waals surface area contributed by atoms with E-state index in [0.29, 0.717) is 29.1 Å². The smallest absolute Gasteiger partial charge is 0.306 e. The van der Waals surface area contributed by atoms with E-state index in [2.05, 4.69) is 4.72 Å². The van der Waals surface area contributed by atoms with Gasteiger partial charge in [-0.3, -0.25) is 9.52 Å². The number of aliphatic carboxylic acids is 1. The number of halogens is 1. The van der Waals surface area contributed by atoms with Crippen molar-refractivity contribution in [3.8, 4) is 0 Å². The minimum Gasteiger partial charge on any atom is -0.481 e. The molecule has 0 saturated heterocycles. The van der Waals surface area contributed by atoms with Crippen LogP contribution in [0.2, 0.25) is 5.02 Å². The Bertz CT molecular complexity index is 846. The molecule has 1 aromatic carbocycles. The molecule has 1 unspecified atom stereocenters. The zero-order chi connectivity index (χ0) is 17.9. The number of nitrogens with one attached hydrogen (secondary N) is 1. The van der Waals surface area contributed by atoms with Crippen LogP contribution in [0.4, 0.5) is 5.69 Å². The van der Waals surface area contributed by atoms with Crippen molar-refractivity contribution in [3.63, 3.8) is 0 Å². The number of carbonyl (C=O) groups is 1. The van der Waals surface area contributed by atoms with Crippen molar-refractivity contribution in [2.24, 2.45) is 5.92 Å². The Morgan fingerprint density at radius 3 is 2.75 bits per heavy atom. The van der Waals surface area contributed by atoms with E-state index in [1.54, 1.807) is 37.4 Å². The molecule has 2 aromatic rings. The molecule has 0 bridgehead atoms. The lowest BCUT2D eigenvalue weighted by molar-refractivity contribution is -0.141. The predicted molar refractivity (Wildman–Crippen MR) is 96.4 cm³/mol. The fraction of sp³-hybridized carbons (Fsp3) is 0.312. The number of sulfonamides is 1. The van der Waals surface area contributed by atoms with E-state index < -0.39 is 21.9 Å². The molecule has 0 aliphatic carbocycles. The van der Waals surface area contributed by atoms with Crippen LogP contribution in [0.25, 0.3) is 0 Å². The minimum absolute atomic E-state index is 0.131. The van der Waals surface area contributed by atoms with E-state index in [4.69, 9.17) is 16.7 Å². The first kappa shape index (κ1) is 18.8. The lowest BCUT2D eigenvalue weighted by Gasteiger charge is -2.12. The summed E-state index contributed by atoms with van der Waals surface area (Å²) in [5.74, 6) is -1.34. The number of thiophene rings is 1. The maximum atomic E-state index is 12.6. The Kier molecular flexibility index (Phi) is 5.90. The molecular formula is C16H18ClNO4S2. The predicted octanol–water partition coefficient (Wildman–Crippen LogP) is 4.16. The van der Waals surface area contributed by atoms with Gasteiger partial charge < -0.3 is 5.11 Å². The number of hydrogen-bond acceptors (Lipinski definition) is 4. The molecule has 8 heteroatoms. The van der Waals surface area contributed by atoms with Crippen LogP contribution >= 0.6 is 22.9 Å². The Labute approximate surface area is 150 Å². The number of hydrogen-bond donors (Lipinski definition) is 2. The average Bonchev–Trinajstić information content (AvgIpc) is 2.93. The van der Waals surface area contributed by atoms with E-state index in [1.807, 2.05) is 0 Å². The molecule has 0 radical (unpaired) electrons. The summed E-state index contributed by atoms with van der Waals surface area (Å²) in [7, 11) is -3.76. The number of carboxylic acid groups (broad SMARTS) is 1. The second-order valence-electron chi connectivity index (χ2n) is 5.50. The van der Waals surface area contributed by atoms with E-state index in [1.165, 1.54) is 17.4 Å². The van der Waals surface area contributed by atoms with Crippen molar-refractivity contribution < 1.29 is 18.3 Å². The Hall–Kier alpha value is -1.57. The monoisotopic (exact) mass is 387 g/mol. The molecule has 0 fully saturated rings. The summed E-state index contributed by atoms with van der Waals surface area (Å²) in [6.45, 7) is 3.29. The SMILES string of the molecule is Cc1c(Cl)cccc1S(=O)(=O)Nc1ccsc1CCC(C)C(=O)O. The number of aryl methyl sites for hydroxylation is 1. The highest BCUT2D eigenvalue weighted by Gasteiger charge is 2.20. The summed E-state index contributed by atoms with van der Waals surface area (Å²) in [5.41, 5.74) is 0.972. The van der Waals surface area contributed by atoms with Gasteiger partial charge in [-0.15, -0.1) is 11.3 Å². The van der Waals surface area contributed by atoms with Crippen LogP contribution in [0.3, 0.4) is 0 Å². The Balaban J connectivity index is 2.21. The molecule has 130 valence electrons. The molecule has 2 rings (SSSR count). The Morgan fingerprint density at radius 1 is 1.38 bits per heavy atom. The van der Waals surface area contributed by atoms with Crippen molar-refractivity contribution in [2.75, 3.05) is 4.72 Å². The van der Waals surface area contributed by atoms with Crippen molar-refractivity contribution in [1.82, 2.24) is 0 Å². The first-order chi connectivity index (χ1) is 11.2. The fourth-order valence-corrected chi connectivity index (χ4v) is 4.68. The number of anilines is 1. The highest BCUT2D eigenvalue weighted by atomic mass is 35.5. The van der Waals surface area contributed by atoms with Crippen molar-refractivity contribution in [3.05, 3.63) is 45.1 Å². The highest BCUT2D eigenvalue weighted by Crippen LogP contribution is 2.29. The average molecular weight is 388 g/mol. The largest absolute Gasteiger partial charge is 0.481 e. The zero-order valence-corrected chi connectivity index (χ0v) is 15.6. The van der Waals surface area contributed by atoms with Crippen molar-refractivity contribution >= 4 is 44.6 Å². The van der Waals surface area contributed by atoms with Gasteiger partial charge in [0.1, 0.15) is 0 Å². The standard InChI is InChI=1S/C16H18ClNO4S2/c1-10(16(19)20)6-7-14-13(8-9-23-14)18-24(21,22)15-5-3-4-12(17)11(15)2/h3-5,8-10,18H,6-7H2,1-2H3,(H,19,20). The number of carboxylic acids is 1. The molecule has 0 saturated carbocycles. The maximum absolute atomic E-state index is 12.6. The molecular weight excluding hydrogens is 370 g/mol. The molecule has 0 aliphatic heterocycles. The molecule has 0 aliphatic rings. The van der Waals surface area contributed by atoms with Crippen LogP contribution in [0.15, 0.2) is 34.5 Å². The summed E-state index contributed by atoms with van der Waals surface area (Å²) < 4.78 is 27.8. The van der Waals surface area contributed by atoms with Crippen LogP contribution in [0.1, 0.15) is 23.8 Å². The lowest BCUT2D eigenvalue weighted by atomic mass is 10.1. The molecule has 2 N–H and O–H groups in total. The summed E-state index contributed by atoms with van der Waals surface area (Å²) in [6, 6.07) is 6.41. The van der Waals surface area contributed by atoms with E-state index in [-0.39, 0.29) is 4.90 Å². The van der Waals surface area contributed by atoms with Gasteiger partial charge in [0.15, 0.2) is 0 Å². The summed E-state index contributed by atoms with van der Waals surface area (Å²) in [6.07, 6.45) is 0.943. The van der Waals surface area contributed by atoms with Crippen LogP contribution in [-0.2, 0) is 21.2 Å². The van der Waals surface area contributed by atoms with Gasteiger partial charge >= 0.3 is 5.97 Å². The van der Waals surface area contributed by atoms with Gasteiger partial charge in [0, 0.05) is 9.90 Å². The molecule has 24 heavy (non-hydrogen) atoms. The second-order valence-corrected chi connectivity index (χ2v) is 8.56. The molecule has 1 atom stereocenters. The number of benzene rings is 1. The minimum atomic E-state index is -3.76. The zero-order valence-electron chi connectivity index (χ0n) is 13.2. The van der Waals surface area contributed by atoms with Gasteiger partial charge in [-0.2, -0.15) is 0 Å². The summed E-state index contributed by atoms with van der Waals surface area (Å²) >= 11 is 7.40. The van der Waals surface area contributed by atoms with Gasteiger partial charge in [-0.25, -0.2) is 8.42 Å². The van der Waals surface area contributed by atoms with Gasteiger partial charge in [-0.1, -0.05) is 24.6 Å². The molecule has 0 amide bonds. The highest BCUT2D eigenvalue weighted by molar-refractivity contribution is 7.92. The van der Waals surface area contributed by atoms with Gasteiger partial charge in [0.25, 0.3) is 10.0 Å². The normalized spacial score (nSPS) is 12.8. The van der Waals surface area contributed by atoms with E-state index in [9.17, 15) is 13.2 Å². The van der Waals surface area contributed by atoms with Gasteiger partial charge in [0.05, 0.1) is 16.5 Å². The first-order valence-corrected chi connectivity index (χ1v) is 10.0. The summed E-state index contributed by atoms with van der Waals surface area (Å²) in [5, 5.41) is 11.1. The maximum Gasteiger partial charge on any atom is 0.306 e. The summed E-state index contributed by atoms with van der Waals surface area (Å²) in [4.78, 5) is 11.8. The lowest BCUT2D eigenvalue weighted by Crippen LogP contribution is -2.15. The van der Waals surface area contributed by atoms with Gasteiger partial charge in [0.2, 0.25) is 0 Å². The molecule has 1 aromatic heterocycles. The van der Waals surface area contributed by atoms with Crippen LogP contribution in [0, 0.1) is 12.8 Å². The third-order valence-corrected chi connectivity index (χ3v) is 6.62. The third kappa shape index (κ3) is 4.28. The van der Waals surface area contributed by atoms with E-state index in [0.717, 1.165) is 4.88 Å². The topological polar surface area (TPSA) is 83.5 Å². The van der Waals surface area contributed by atoms with Gasteiger partial charge in [-0.05, 0) is 48.9 Å². The number of rotatable bonds is 7. The van der Waals surface area contributed by atoms with Crippen molar-refractivity contribution in [2.45, 2.75) is 31.6 Å². The molecule has 1 heterocycles. The van der Waals surface area contributed by atoms with Crippen LogP contribution < -0.4 is 4.72 Å². The van der Waals surface area contributed by atoms with Crippen LogP contribution in [0.5, 0.6) is 0 Å². The third-order valence-electron chi connectivity index (χ3n) is 3.72. The Morgan fingerprint density at radius 2 is 2.08 bits per heavy atom. The fourth-order valence-electron chi connectivity index (χ4n) is 2.17.